The molecule has 0 radical (unpaired) electrons. The summed E-state index contributed by atoms with van der Waals surface area (Å²) in [5, 5.41) is 3.04. The van der Waals surface area contributed by atoms with Gasteiger partial charge in [-0.1, -0.05) is 0 Å². The van der Waals surface area contributed by atoms with Crippen LogP contribution in [-0.4, -0.2) is 44.1 Å². The molecular formula is C20H23F3N4O. The molecule has 3 rings (SSSR count). The van der Waals surface area contributed by atoms with Crippen molar-refractivity contribution >= 4 is 17.4 Å². The summed E-state index contributed by atoms with van der Waals surface area (Å²) in [4.78, 5) is 20.3. The van der Waals surface area contributed by atoms with Crippen LogP contribution in [0.3, 0.4) is 0 Å². The van der Waals surface area contributed by atoms with Gasteiger partial charge in [-0.05, 0) is 49.2 Å². The van der Waals surface area contributed by atoms with Crippen molar-refractivity contribution in [2.24, 2.45) is 0 Å². The second kappa shape index (κ2) is 8.08. The Labute approximate surface area is 162 Å². The molecule has 1 aromatic heterocycles. The van der Waals surface area contributed by atoms with Gasteiger partial charge in [0.2, 0.25) is 0 Å². The van der Waals surface area contributed by atoms with Crippen LogP contribution in [0.1, 0.15) is 28.8 Å². The van der Waals surface area contributed by atoms with Gasteiger partial charge in [-0.3, -0.25) is 4.79 Å². The number of piperidine rings is 1. The van der Waals surface area contributed by atoms with Crippen molar-refractivity contribution in [3.8, 4) is 0 Å². The fraction of sp³-hybridized carbons (Fsp3) is 0.400. The molecule has 28 heavy (non-hydrogen) atoms. The Hall–Kier alpha value is -2.77. The van der Waals surface area contributed by atoms with E-state index in [1.807, 2.05) is 36.0 Å². The van der Waals surface area contributed by atoms with Crippen LogP contribution in [0.25, 0.3) is 0 Å². The van der Waals surface area contributed by atoms with Crippen molar-refractivity contribution in [1.29, 1.82) is 0 Å². The normalized spacial score (nSPS) is 15.4. The Morgan fingerprint density at radius 2 is 1.75 bits per heavy atom. The first-order valence-corrected chi connectivity index (χ1v) is 9.10. The Balaban J connectivity index is 1.53. The third-order valence-electron chi connectivity index (χ3n) is 4.88. The van der Waals surface area contributed by atoms with Crippen LogP contribution in [0.15, 0.2) is 42.6 Å². The van der Waals surface area contributed by atoms with Gasteiger partial charge < -0.3 is 15.1 Å². The monoisotopic (exact) mass is 392 g/mol. The fourth-order valence-corrected chi connectivity index (χ4v) is 3.17. The van der Waals surface area contributed by atoms with Gasteiger partial charge in [-0.15, -0.1) is 0 Å². The molecule has 2 heterocycles. The standard InChI is InChI=1S/C20H23F3N4O/c1-26(2)17-6-3-14(4-7-17)19(28)25-16-9-11-27(12-10-16)18-8-5-15(13-24-18)20(21,22)23/h3-8,13,16H,9-12H2,1-2H3,(H,25,28). The van der Waals surface area contributed by atoms with Gasteiger partial charge in [0.25, 0.3) is 5.91 Å². The van der Waals surface area contributed by atoms with E-state index in [0.717, 1.165) is 18.0 Å². The summed E-state index contributed by atoms with van der Waals surface area (Å²) in [6.07, 6.45) is -2.09. The zero-order valence-electron chi connectivity index (χ0n) is 15.8. The molecule has 5 nitrogen and oxygen atoms in total. The number of rotatable bonds is 4. The maximum atomic E-state index is 12.6. The third-order valence-corrected chi connectivity index (χ3v) is 4.88. The maximum Gasteiger partial charge on any atom is 0.417 e. The molecule has 2 aromatic rings. The first-order valence-electron chi connectivity index (χ1n) is 9.10. The summed E-state index contributed by atoms with van der Waals surface area (Å²) < 4.78 is 37.9. The highest BCUT2D eigenvalue weighted by molar-refractivity contribution is 5.94. The molecule has 0 saturated carbocycles. The summed E-state index contributed by atoms with van der Waals surface area (Å²) in [5.41, 5.74) is 0.880. The number of halogens is 3. The third kappa shape index (κ3) is 4.74. The molecule has 1 saturated heterocycles. The van der Waals surface area contributed by atoms with Crippen molar-refractivity contribution in [3.05, 3.63) is 53.7 Å². The van der Waals surface area contributed by atoms with E-state index in [1.165, 1.54) is 6.07 Å². The molecular weight excluding hydrogens is 369 g/mol. The van der Waals surface area contributed by atoms with Crippen LogP contribution in [0, 0.1) is 0 Å². The van der Waals surface area contributed by atoms with E-state index in [9.17, 15) is 18.0 Å². The van der Waals surface area contributed by atoms with E-state index < -0.39 is 11.7 Å². The molecule has 1 fully saturated rings. The van der Waals surface area contributed by atoms with E-state index in [-0.39, 0.29) is 11.9 Å². The zero-order valence-corrected chi connectivity index (χ0v) is 15.8. The lowest BCUT2D eigenvalue weighted by Crippen LogP contribution is -2.45. The van der Waals surface area contributed by atoms with Gasteiger partial charge in [0.1, 0.15) is 5.82 Å². The number of amides is 1. The molecule has 0 spiro atoms. The Kier molecular flexibility index (Phi) is 5.76. The predicted octanol–water partition coefficient (Wildman–Crippen LogP) is 3.57. The molecule has 8 heteroatoms. The highest BCUT2D eigenvalue weighted by atomic mass is 19.4. The van der Waals surface area contributed by atoms with Crippen molar-refractivity contribution in [3.63, 3.8) is 0 Å². The first-order chi connectivity index (χ1) is 13.2. The number of aromatic nitrogens is 1. The van der Waals surface area contributed by atoms with Gasteiger partial charge in [0.15, 0.2) is 0 Å². The second-order valence-corrected chi connectivity index (χ2v) is 7.08. The highest BCUT2D eigenvalue weighted by Gasteiger charge is 2.31. The van der Waals surface area contributed by atoms with E-state index in [0.29, 0.717) is 37.3 Å². The van der Waals surface area contributed by atoms with Crippen LogP contribution in [-0.2, 0) is 6.18 Å². The van der Waals surface area contributed by atoms with E-state index >= 15 is 0 Å². The molecule has 0 unspecified atom stereocenters. The van der Waals surface area contributed by atoms with Crippen LogP contribution in [0.5, 0.6) is 0 Å². The Bertz CT molecular complexity index is 796. The lowest BCUT2D eigenvalue weighted by Gasteiger charge is -2.33. The summed E-state index contributed by atoms with van der Waals surface area (Å²) in [6.45, 7) is 1.26. The molecule has 1 aromatic carbocycles. The SMILES string of the molecule is CN(C)c1ccc(C(=O)NC2CCN(c3ccc(C(F)(F)F)cn3)CC2)cc1. The largest absolute Gasteiger partial charge is 0.417 e. The first kappa shape index (κ1) is 20.0. The Morgan fingerprint density at radius 3 is 2.25 bits per heavy atom. The topological polar surface area (TPSA) is 48.5 Å². The molecule has 1 amide bonds. The highest BCUT2D eigenvalue weighted by Crippen LogP contribution is 2.29. The number of nitrogens with zero attached hydrogens (tertiary/aromatic N) is 3. The molecule has 150 valence electrons. The molecule has 0 aliphatic carbocycles. The number of benzene rings is 1. The molecule has 1 aliphatic rings. The van der Waals surface area contributed by atoms with E-state index in [1.54, 1.807) is 12.1 Å². The number of pyridine rings is 1. The minimum atomic E-state index is -4.38. The summed E-state index contributed by atoms with van der Waals surface area (Å²) >= 11 is 0. The molecule has 1 aliphatic heterocycles. The number of carbonyl (C=O) groups is 1. The number of alkyl halides is 3. The minimum Gasteiger partial charge on any atom is -0.378 e. The van der Waals surface area contributed by atoms with Gasteiger partial charge in [-0.25, -0.2) is 4.98 Å². The predicted molar refractivity (Wildman–Crippen MR) is 103 cm³/mol. The quantitative estimate of drug-likeness (QED) is 0.864. The average Bonchev–Trinajstić information content (AvgIpc) is 2.68. The van der Waals surface area contributed by atoms with Crippen molar-refractivity contribution in [2.45, 2.75) is 25.1 Å². The fourth-order valence-electron chi connectivity index (χ4n) is 3.17. The maximum absolute atomic E-state index is 12.6. The summed E-state index contributed by atoms with van der Waals surface area (Å²) in [6, 6.07) is 9.87. The van der Waals surface area contributed by atoms with Gasteiger partial charge in [-0.2, -0.15) is 13.2 Å². The second-order valence-electron chi connectivity index (χ2n) is 7.08. The van der Waals surface area contributed by atoms with Gasteiger partial charge in [0.05, 0.1) is 5.56 Å². The van der Waals surface area contributed by atoms with E-state index in [2.05, 4.69) is 10.3 Å². The van der Waals surface area contributed by atoms with Crippen molar-refractivity contribution < 1.29 is 18.0 Å². The summed E-state index contributed by atoms with van der Waals surface area (Å²) in [7, 11) is 3.88. The number of carbonyl (C=O) groups excluding carboxylic acids is 1. The van der Waals surface area contributed by atoms with Crippen LogP contribution >= 0.6 is 0 Å². The Morgan fingerprint density at radius 1 is 1.11 bits per heavy atom. The van der Waals surface area contributed by atoms with Gasteiger partial charge in [0, 0.05) is 50.7 Å². The molecule has 0 atom stereocenters. The van der Waals surface area contributed by atoms with Crippen LogP contribution < -0.4 is 15.1 Å². The summed E-state index contributed by atoms with van der Waals surface area (Å²) in [5.74, 6) is 0.411. The number of hydrogen-bond acceptors (Lipinski definition) is 4. The van der Waals surface area contributed by atoms with Crippen LogP contribution in [0.2, 0.25) is 0 Å². The van der Waals surface area contributed by atoms with Gasteiger partial charge >= 0.3 is 6.18 Å². The zero-order chi connectivity index (χ0) is 20.3. The number of hydrogen-bond donors (Lipinski definition) is 1. The van der Waals surface area contributed by atoms with E-state index in [4.69, 9.17) is 0 Å². The lowest BCUT2D eigenvalue weighted by atomic mass is 10.0. The average molecular weight is 392 g/mol. The molecule has 0 bridgehead atoms. The van der Waals surface area contributed by atoms with Crippen molar-refractivity contribution in [2.75, 3.05) is 37.0 Å². The smallest absolute Gasteiger partial charge is 0.378 e. The number of nitrogens with one attached hydrogen (secondary N) is 1. The lowest BCUT2D eigenvalue weighted by molar-refractivity contribution is -0.137. The number of anilines is 2. The van der Waals surface area contributed by atoms with Crippen LogP contribution in [0.4, 0.5) is 24.7 Å². The van der Waals surface area contributed by atoms with Crippen molar-refractivity contribution in [1.82, 2.24) is 10.3 Å². The minimum absolute atomic E-state index is 0.0340. The molecule has 1 N–H and O–H groups in total.